The predicted molar refractivity (Wildman–Crippen MR) is 119 cm³/mol. The first-order valence-electron chi connectivity index (χ1n) is 11.6. The third-order valence-electron chi connectivity index (χ3n) is 5.68. The van der Waals surface area contributed by atoms with E-state index >= 15 is 0 Å². The summed E-state index contributed by atoms with van der Waals surface area (Å²) in [6.45, 7) is 4.39. The van der Waals surface area contributed by atoms with Gasteiger partial charge in [0.15, 0.2) is 0 Å². The molecule has 0 radical (unpaired) electrons. The van der Waals surface area contributed by atoms with Gasteiger partial charge in [0.2, 0.25) is 0 Å². The van der Waals surface area contributed by atoms with Gasteiger partial charge in [0.1, 0.15) is 0 Å². The van der Waals surface area contributed by atoms with E-state index in [-0.39, 0.29) is 11.1 Å². The number of benzene rings is 1. The molecule has 0 fully saturated rings. The summed E-state index contributed by atoms with van der Waals surface area (Å²) in [5.74, 6) is -2.28. The summed E-state index contributed by atoms with van der Waals surface area (Å²) in [5.41, 5.74) is 1.69. The van der Waals surface area contributed by atoms with E-state index in [4.69, 9.17) is 0 Å². The summed E-state index contributed by atoms with van der Waals surface area (Å²) >= 11 is 0. The predicted octanol–water partition coefficient (Wildman–Crippen LogP) is 7.28. The second kappa shape index (κ2) is 15.1. The zero-order valence-electron chi connectivity index (χ0n) is 18.5. The highest BCUT2D eigenvalue weighted by atomic mass is 16.4. The average molecular weight is 405 g/mol. The fourth-order valence-electron chi connectivity index (χ4n) is 3.99. The van der Waals surface area contributed by atoms with E-state index in [2.05, 4.69) is 13.8 Å². The molecule has 1 aromatic rings. The molecule has 4 nitrogen and oxygen atoms in total. The van der Waals surface area contributed by atoms with Gasteiger partial charge in [-0.25, -0.2) is 9.59 Å². The molecule has 0 aliphatic heterocycles. The SMILES string of the molecule is CCCCCCCCCCc1ccc(C(=O)O)c(C(=O)O)c1CCCCCCC. The number of hydrogen-bond donors (Lipinski definition) is 2. The Labute approximate surface area is 176 Å². The molecule has 29 heavy (non-hydrogen) atoms. The molecular formula is C25H40O4. The van der Waals surface area contributed by atoms with Gasteiger partial charge < -0.3 is 10.2 Å². The van der Waals surface area contributed by atoms with Crippen LogP contribution in [0.25, 0.3) is 0 Å². The van der Waals surface area contributed by atoms with Crippen LogP contribution in [-0.2, 0) is 12.8 Å². The van der Waals surface area contributed by atoms with Crippen LogP contribution in [0, 0.1) is 0 Å². The minimum absolute atomic E-state index is 0.00468. The first kappa shape index (κ1) is 25.2. The Morgan fingerprint density at radius 1 is 0.655 bits per heavy atom. The standard InChI is InChI=1S/C25H40O4/c1-3-5-7-9-10-11-13-14-16-20-18-19-22(24(26)27)23(25(28)29)21(20)17-15-12-8-6-4-2/h18-19H,3-17H2,1-2H3,(H,26,27)(H,28,29). The molecule has 164 valence electrons. The molecule has 0 atom stereocenters. The van der Waals surface area contributed by atoms with Gasteiger partial charge in [-0.1, -0.05) is 90.5 Å². The Morgan fingerprint density at radius 2 is 1.14 bits per heavy atom. The average Bonchev–Trinajstić information content (AvgIpc) is 2.69. The normalized spacial score (nSPS) is 11.0. The summed E-state index contributed by atoms with van der Waals surface area (Å²) in [4.78, 5) is 23.4. The van der Waals surface area contributed by atoms with Crippen LogP contribution < -0.4 is 0 Å². The lowest BCUT2D eigenvalue weighted by molar-refractivity contribution is 0.0650. The molecule has 2 N–H and O–H groups in total. The number of rotatable bonds is 17. The summed E-state index contributed by atoms with van der Waals surface area (Å²) in [6, 6.07) is 3.32. The number of aromatic carboxylic acids is 2. The zero-order chi connectivity index (χ0) is 21.5. The topological polar surface area (TPSA) is 74.6 Å². The Morgan fingerprint density at radius 3 is 1.62 bits per heavy atom. The second-order valence-electron chi connectivity index (χ2n) is 8.13. The van der Waals surface area contributed by atoms with Crippen LogP contribution in [0.15, 0.2) is 12.1 Å². The minimum atomic E-state index is -1.16. The molecule has 0 bridgehead atoms. The lowest BCUT2D eigenvalue weighted by Crippen LogP contribution is -2.14. The smallest absolute Gasteiger partial charge is 0.336 e. The first-order valence-corrected chi connectivity index (χ1v) is 11.6. The summed E-state index contributed by atoms with van der Waals surface area (Å²) in [6.07, 6.45) is 16.8. The number of carboxylic acid groups (broad SMARTS) is 2. The maximum Gasteiger partial charge on any atom is 0.336 e. The molecule has 0 spiro atoms. The third-order valence-corrected chi connectivity index (χ3v) is 5.68. The van der Waals surface area contributed by atoms with Crippen molar-refractivity contribution in [2.24, 2.45) is 0 Å². The van der Waals surface area contributed by atoms with Gasteiger partial charge in [0.25, 0.3) is 0 Å². The quantitative estimate of drug-likeness (QED) is 0.267. The van der Waals surface area contributed by atoms with Gasteiger partial charge in [-0.15, -0.1) is 0 Å². The Bertz CT molecular complexity index is 621. The number of unbranched alkanes of at least 4 members (excludes halogenated alkanes) is 11. The zero-order valence-corrected chi connectivity index (χ0v) is 18.5. The van der Waals surface area contributed by atoms with Crippen molar-refractivity contribution in [2.75, 3.05) is 0 Å². The van der Waals surface area contributed by atoms with Crippen molar-refractivity contribution in [3.63, 3.8) is 0 Å². The van der Waals surface area contributed by atoms with E-state index < -0.39 is 11.9 Å². The highest BCUT2D eigenvalue weighted by molar-refractivity contribution is 6.03. The van der Waals surface area contributed by atoms with E-state index in [1.807, 2.05) is 6.07 Å². The van der Waals surface area contributed by atoms with Crippen molar-refractivity contribution in [3.05, 3.63) is 34.4 Å². The highest BCUT2D eigenvalue weighted by Crippen LogP contribution is 2.25. The number of hydrogen-bond acceptors (Lipinski definition) is 2. The van der Waals surface area contributed by atoms with Crippen LogP contribution in [-0.4, -0.2) is 22.2 Å². The first-order chi connectivity index (χ1) is 14.0. The molecule has 0 aromatic heterocycles. The van der Waals surface area contributed by atoms with Crippen LogP contribution in [0.3, 0.4) is 0 Å². The molecule has 0 aliphatic carbocycles. The van der Waals surface area contributed by atoms with Gasteiger partial charge in [-0.3, -0.25) is 0 Å². The van der Waals surface area contributed by atoms with Crippen molar-refractivity contribution in [3.8, 4) is 0 Å². The van der Waals surface area contributed by atoms with Crippen LogP contribution >= 0.6 is 0 Å². The fourth-order valence-corrected chi connectivity index (χ4v) is 3.99. The maximum absolute atomic E-state index is 11.9. The van der Waals surface area contributed by atoms with Crippen LogP contribution in [0.2, 0.25) is 0 Å². The van der Waals surface area contributed by atoms with Gasteiger partial charge in [0, 0.05) is 0 Å². The van der Waals surface area contributed by atoms with Gasteiger partial charge in [-0.2, -0.15) is 0 Å². The fraction of sp³-hybridized carbons (Fsp3) is 0.680. The minimum Gasteiger partial charge on any atom is -0.478 e. The van der Waals surface area contributed by atoms with Crippen LogP contribution in [0.5, 0.6) is 0 Å². The molecule has 1 aromatic carbocycles. The lowest BCUT2D eigenvalue weighted by Gasteiger charge is -2.15. The monoisotopic (exact) mass is 404 g/mol. The third kappa shape index (κ3) is 9.47. The second-order valence-corrected chi connectivity index (χ2v) is 8.13. The van der Waals surface area contributed by atoms with Gasteiger partial charge in [0.05, 0.1) is 11.1 Å². The van der Waals surface area contributed by atoms with Crippen molar-refractivity contribution >= 4 is 11.9 Å². The van der Waals surface area contributed by atoms with Crippen molar-refractivity contribution in [1.29, 1.82) is 0 Å². The lowest BCUT2D eigenvalue weighted by atomic mass is 9.89. The molecule has 4 heteroatoms. The Hall–Kier alpha value is -1.84. The van der Waals surface area contributed by atoms with Crippen molar-refractivity contribution in [1.82, 2.24) is 0 Å². The van der Waals surface area contributed by atoms with E-state index in [1.165, 1.54) is 57.4 Å². The van der Waals surface area contributed by atoms with Crippen LogP contribution in [0.1, 0.15) is 129 Å². The number of carbonyl (C=O) groups is 2. The molecule has 0 aliphatic rings. The molecule has 0 saturated carbocycles. The Kier molecular flexibility index (Phi) is 13.1. The summed E-state index contributed by atoms with van der Waals surface area (Å²) < 4.78 is 0. The maximum atomic E-state index is 11.9. The summed E-state index contributed by atoms with van der Waals surface area (Å²) in [7, 11) is 0. The molecule has 0 saturated heterocycles. The number of aryl methyl sites for hydroxylation is 1. The summed E-state index contributed by atoms with van der Waals surface area (Å²) in [5, 5.41) is 19.2. The highest BCUT2D eigenvalue weighted by Gasteiger charge is 2.22. The van der Waals surface area contributed by atoms with E-state index in [0.29, 0.717) is 6.42 Å². The van der Waals surface area contributed by atoms with Crippen LogP contribution in [0.4, 0.5) is 0 Å². The molecule has 0 unspecified atom stereocenters. The molecule has 1 rings (SSSR count). The van der Waals surface area contributed by atoms with Crippen molar-refractivity contribution < 1.29 is 19.8 Å². The molecule has 0 amide bonds. The molecular weight excluding hydrogens is 364 g/mol. The van der Waals surface area contributed by atoms with E-state index in [0.717, 1.165) is 49.7 Å². The van der Waals surface area contributed by atoms with E-state index in [9.17, 15) is 19.8 Å². The Balaban J connectivity index is 2.76. The molecule has 0 heterocycles. The van der Waals surface area contributed by atoms with Gasteiger partial charge >= 0.3 is 11.9 Å². The van der Waals surface area contributed by atoms with Gasteiger partial charge in [-0.05, 0) is 42.9 Å². The van der Waals surface area contributed by atoms with E-state index in [1.54, 1.807) is 0 Å². The van der Waals surface area contributed by atoms with Crippen molar-refractivity contribution in [2.45, 2.75) is 110 Å². The largest absolute Gasteiger partial charge is 0.478 e. The number of carboxylic acids is 2.